The Hall–Kier alpha value is -1.89. The molecule has 1 aromatic heterocycles. The third-order valence-electron chi connectivity index (χ3n) is 2.94. The molecule has 0 aliphatic heterocycles. The van der Waals surface area contributed by atoms with Gasteiger partial charge in [0.1, 0.15) is 0 Å². The van der Waals surface area contributed by atoms with Crippen LogP contribution in [0.4, 0.5) is 0 Å². The van der Waals surface area contributed by atoms with Crippen LogP contribution in [0, 0.1) is 6.92 Å². The fourth-order valence-corrected chi connectivity index (χ4v) is 2.42. The van der Waals surface area contributed by atoms with Crippen LogP contribution in [0.25, 0.3) is 11.4 Å². The molecule has 7 heteroatoms. The van der Waals surface area contributed by atoms with E-state index in [9.17, 15) is 9.90 Å². The van der Waals surface area contributed by atoms with Crippen LogP contribution < -0.4 is 0 Å². The van der Waals surface area contributed by atoms with Crippen molar-refractivity contribution in [3.05, 3.63) is 29.8 Å². The van der Waals surface area contributed by atoms with Gasteiger partial charge in [-0.05, 0) is 41.8 Å². The van der Waals surface area contributed by atoms with Crippen LogP contribution in [0.3, 0.4) is 0 Å². The number of tetrazole rings is 1. The molecule has 0 spiro atoms. The monoisotopic (exact) mass is 292 g/mol. The van der Waals surface area contributed by atoms with Gasteiger partial charge in [0.25, 0.3) is 0 Å². The molecule has 1 heterocycles. The zero-order valence-corrected chi connectivity index (χ0v) is 12.2. The molecule has 0 saturated carbocycles. The molecule has 2 aromatic rings. The summed E-state index contributed by atoms with van der Waals surface area (Å²) in [7, 11) is 0. The van der Waals surface area contributed by atoms with Crippen LogP contribution in [-0.2, 0) is 4.79 Å². The summed E-state index contributed by atoms with van der Waals surface area (Å²) in [5.41, 5.74) is 1.90. The highest BCUT2D eigenvalue weighted by Crippen LogP contribution is 2.22. The number of carboxylic acids is 1. The van der Waals surface area contributed by atoms with Crippen molar-refractivity contribution in [2.75, 3.05) is 12.0 Å². The molecule has 1 aromatic carbocycles. The van der Waals surface area contributed by atoms with E-state index in [0.29, 0.717) is 12.2 Å². The van der Waals surface area contributed by atoms with Crippen molar-refractivity contribution in [2.24, 2.45) is 0 Å². The summed E-state index contributed by atoms with van der Waals surface area (Å²) in [6, 6.07) is 6.95. The lowest BCUT2D eigenvalue weighted by Crippen LogP contribution is -2.22. The van der Waals surface area contributed by atoms with Gasteiger partial charge in [0.05, 0.1) is 0 Å². The van der Waals surface area contributed by atoms with E-state index in [0.717, 1.165) is 16.9 Å². The maximum absolute atomic E-state index is 11.4. The van der Waals surface area contributed by atoms with Crippen molar-refractivity contribution in [1.82, 2.24) is 20.2 Å². The summed E-state index contributed by atoms with van der Waals surface area (Å²) in [4.78, 5) is 11.4. The molecule has 0 saturated heterocycles. The minimum Gasteiger partial charge on any atom is -0.480 e. The fourth-order valence-electron chi connectivity index (χ4n) is 1.96. The second-order valence-electron chi connectivity index (χ2n) is 4.45. The number of rotatable bonds is 6. The molecule has 6 nitrogen and oxygen atoms in total. The largest absolute Gasteiger partial charge is 0.480 e. The van der Waals surface area contributed by atoms with Crippen molar-refractivity contribution in [2.45, 2.75) is 19.4 Å². The van der Waals surface area contributed by atoms with Gasteiger partial charge in [-0.1, -0.05) is 23.8 Å². The van der Waals surface area contributed by atoms with Crippen molar-refractivity contribution < 1.29 is 9.90 Å². The lowest BCUT2D eigenvalue weighted by Gasteiger charge is -2.13. The van der Waals surface area contributed by atoms with Crippen LogP contribution >= 0.6 is 11.8 Å². The van der Waals surface area contributed by atoms with Crippen LogP contribution in [0.15, 0.2) is 24.3 Å². The Balaban J connectivity index is 2.38. The molecule has 0 bridgehead atoms. The molecule has 1 atom stereocenters. The smallest absolute Gasteiger partial charge is 0.328 e. The first-order valence-corrected chi connectivity index (χ1v) is 7.59. The van der Waals surface area contributed by atoms with E-state index >= 15 is 0 Å². The van der Waals surface area contributed by atoms with Gasteiger partial charge in [-0.15, -0.1) is 5.10 Å². The molecular formula is C13H16N4O2S. The lowest BCUT2D eigenvalue weighted by molar-refractivity contribution is -0.141. The maximum Gasteiger partial charge on any atom is 0.328 e. The highest BCUT2D eigenvalue weighted by molar-refractivity contribution is 7.98. The van der Waals surface area contributed by atoms with Gasteiger partial charge in [-0.25, -0.2) is 9.48 Å². The Bertz CT molecular complexity index is 600. The predicted octanol–water partition coefficient (Wildman–Crippen LogP) is 2.03. The summed E-state index contributed by atoms with van der Waals surface area (Å²) in [5, 5.41) is 20.8. The SMILES string of the molecule is CSCCC(C(=O)O)n1nnnc1-c1cccc(C)c1. The second-order valence-corrected chi connectivity index (χ2v) is 5.44. The Kier molecular flexibility index (Phi) is 4.73. The number of aliphatic carboxylic acids is 1. The number of carbonyl (C=O) groups is 1. The maximum atomic E-state index is 11.4. The van der Waals surface area contributed by atoms with Crippen LogP contribution in [0.2, 0.25) is 0 Å². The molecule has 0 radical (unpaired) electrons. The third-order valence-corrected chi connectivity index (χ3v) is 3.59. The quantitative estimate of drug-likeness (QED) is 0.877. The zero-order chi connectivity index (χ0) is 14.5. The summed E-state index contributed by atoms with van der Waals surface area (Å²) in [6.45, 7) is 1.97. The molecule has 0 aliphatic carbocycles. The Morgan fingerprint density at radius 2 is 2.30 bits per heavy atom. The number of thioether (sulfide) groups is 1. The molecule has 0 fully saturated rings. The summed E-state index contributed by atoms with van der Waals surface area (Å²) < 4.78 is 1.40. The molecule has 1 N–H and O–H groups in total. The molecule has 0 amide bonds. The van der Waals surface area contributed by atoms with Crippen molar-refractivity contribution in [1.29, 1.82) is 0 Å². The number of hydrogen-bond donors (Lipinski definition) is 1. The first kappa shape index (κ1) is 14.5. The molecule has 2 rings (SSSR count). The minimum absolute atomic E-state index is 0.486. The highest BCUT2D eigenvalue weighted by Gasteiger charge is 2.24. The molecule has 0 aliphatic rings. The Morgan fingerprint density at radius 1 is 1.50 bits per heavy atom. The van der Waals surface area contributed by atoms with Gasteiger partial charge in [-0.2, -0.15) is 11.8 Å². The normalized spacial score (nSPS) is 12.3. The van der Waals surface area contributed by atoms with E-state index in [1.807, 2.05) is 37.4 Å². The van der Waals surface area contributed by atoms with Gasteiger partial charge in [0, 0.05) is 5.56 Å². The average Bonchev–Trinajstić information content (AvgIpc) is 2.88. The van der Waals surface area contributed by atoms with Crippen LogP contribution in [-0.4, -0.2) is 43.3 Å². The zero-order valence-electron chi connectivity index (χ0n) is 11.4. The van der Waals surface area contributed by atoms with Crippen molar-refractivity contribution in [3.63, 3.8) is 0 Å². The van der Waals surface area contributed by atoms with E-state index in [1.54, 1.807) is 11.8 Å². The highest BCUT2D eigenvalue weighted by atomic mass is 32.2. The third kappa shape index (κ3) is 3.16. The van der Waals surface area contributed by atoms with E-state index in [-0.39, 0.29) is 0 Å². The van der Waals surface area contributed by atoms with E-state index in [2.05, 4.69) is 15.5 Å². The second kappa shape index (κ2) is 6.51. The van der Waals surface area contributed by atoms with Crippen molar-refractivity contribution >= 4 is 17.7 Å². The van der Waals surface area contributed by atoms with Crippen molar-refractivity contribution in [3.8, 4) is 11.4 Å². The van der Waals surface area contributed by atoms with E-state index in [1.165, 1.54) is 4.68 Å². The summed E-state index contributed by atoms with van der Waals surface area (Å²) in [6.07, 6.45) is 2.43. The average molecular weight is 292 g/mol. The van der Waals surface area contributed by atoms with Gasteiger partial charge in [0.15, 0.2) is 11.9 Å². The van der Waals surface area contributed by atoms with E-state index < -0.39 is 12.0 Å². The number of benzene rings is 1. The number of aromatic nitrogens is 4. The van der Waals surface area contributed by atoms with Gasteiger partial charge in [0.2, 0.25) is 0 Å². The summed E-state index contributed by atoms with van der Waals surface area (Å²) in [5.74, 6) is 0.312. The lowest BCUT2D eigenvalue weighted by atomic mass is 10.1. The fraction of sp³-hybridized carbons (Fsp3) is 0.385. The van der Waals surface area contributed by atoms with Gasteiger partial charge in [-0.3, -0.25) is 0 Å². The molecule has 20 heavy (non-hydrogen) atoms. The Labute approximate surface area is 121 Å². The van der Waals surface area contributed by atoms with Gasteiger partial charge >= 0.3 is 5.97 Å². The first-order chi connectivity index (χ1) is 9.63. The molecule has 106 valence electrons. The minimum atomic E-state index is -0.916. The number of aryl methyl sites for hydroxylation is 1. The summed E-state index contributed by atoms with van der Waals surface area (Å²) >= 11 is 1.60. The number of nitrogens with zero attached hydrogens (tertiary/aromatic N) is 4. The van der Waals surface area contributed by atoms with Crippen LogP contribution in [0.1, 0.15) is 18.0 Å². The number of carboxylic acid groups (broad SMARTS) is 1. The van der Waals surface area contributed by atoms with E-state index in [4.69, 9.17) is 0 Å². The standard InChI is InChI=1S/C13H16N4O2S/c1-9-4-3-5-10(8-9)12-14-15-16-17(12)11(13(18)19)6-7-20-2/h3-5,8,11H,6-7H2,1-2H3,(H,18,19). The number of hydrogen-bond acceptors (Lipinski definition) is 5. The molecule has 1 unspecified atom stereocenters. The topological polar surface area (TPSA) is 80.9 Å². The Morgan fingerprint density at radius 3 is 2.95 bits per heavy atom. The first-order valence-electron chi connectivity index (χ1n) is 6.20. The predicted molar refractivity (Wildman–Crippen MR) is 77.7 cm³/mol. The molecular weight excluding hydrogens is 276 g/mol. The van der Waals surface area contributed by atoms with Crippen LogP contribution in [0.5, 0.6) is 0 Å². The van der Waals surface area contributed by atoms with Gasteiger partial charge < -0.3 is 5.11 Å².